The van der Waals surface area contributed by atoms with Crippen molar-refractivity contribution in [2.24, 2.45) is 5.10 Å². The number of likely N-dealkylation sites (N-methyl/N-ethyl adjacent to an activating group) is 1. The molecule has 0 spiro atoms. The van der Waals surface area contributed by atoms with Crippen LogP contribution in [-0.2, 0) is 4.79 Å². The molecule has 5 heteroatoms. The number of hydrogen-bond acceptors (Lipinski definition) is 3. The predicted octanol–water partition coefficient (Wildman–Crippen LogP) is 4.48. The van der Waals surface area contributed by atoms with Gasteiger partial charge in [0.2, 0.25) is 0 Å². The van der Waals surface area contributed by atoms with E-state index in [1.165, 1.54) is 12.1 Å². The van der Waals surface area contributed by atoms with E-state index < -0.39 is 0 Å². The van der Waals surface area contributed by atoms with Crippen molar-refractivity contribution in [2.75, 3.05) is 20.1 Å². The van der Waals surface area contributed by atoms with E-state index in [2.05, 4.69) is 5.10 Å². The highest BCUT2D eigenvalue weighted by Gasteiger charge is 2.26. The molecule has 0 aliphatic carbocycles. The maximum absolute atomic E-state index is 13.5. The lowest BCUT2D eigenvalue weighted by Gasteiger charge is -2.29. The molecule has 1 atom stereocenters. The second kappa shape index (κ2) is 9.01. The van der Waals surface area contributed by atoms with Crippen LogP contribution in [0.15, 0.2) is 90.0 Å². The van der Waals surface area contributed by atoms with Crippen LogP contribution >= 0.6 is 0 Å². The summed E-state index contributed by atoms with van der Waals surface area (Å²) in [5.74, 6) is -0.324. The Hall–Kier alpha value is -3.31. The molecule has 0 saturated heterocycles. The van der Waals surface area contributed by atoms with E-state index in [0.717, 1.165) is 28.8 Å². The minimum atomic E-state index is -0.274. The van der Waals surface area contributed by atoms with E-state index >= 15 is 0 Å². The molecular formula is C25H24FN3O. The number of halogens is 1. The van der Waals surface area contributed by atoms with E-state index in [-0.39, 0.29) is 24.3 Å². The number of carbonyl (C=O) groups excluding carboxylic acids is 1. The summed E-state index contributed by atoms with van der Waals surface area (Å²) in [5.41, 5.74) is 3.97. The topological polar surface area (TPSA) is 35.9 Å². The van der Waals surface area contributed by atoms with Crippen molar-refractivity contribution >= 4 is 11.6 Å². The van der Waals surface area contributed by atoms with Crippen molar-refractivity contribution in [1.29, 1.82) is 0 Å². The predicted molar refractivity (Wildman–Crippen MR) is 117 cm³/mol. The highest BCUT2D eigenvalue weighted by Crippen LogP contribution is 2.28. The Labute approximate surface area is 176 Å². The largest absolute Gasteiger partial charge is 0.286 e. The fourth-order valence-electron chi connectivity index (χ4n) is 3.84. The van der Waals surface area contributed by atoms with Gasteiger partial charge < -0.3 is 0 Å². The molecule has 0 bridgehead atoms. The lowest BCUT2D eigenvalue weighted by Crippen LogP contribution is -2.37. The summed E-state index contributed by atoms with van der Waals surface area (Å²) < 4.78 is 13.5. The van der Waals surface area contributed by atoms with E-state index in [4.69, 9.17) is 0 Å². The van der Waals surface area contributed by atoms with E-state index in [1.54, 1.807) is 17.1 Å². The number of rotatable bonds is 6. The summed E-state index contributed by atoms with van der Waals surface area (Å²) in [6.45, 7) is 0.798. The lowest BCUT2D eigenvalue weighted by molar-refractivity contribution is -0.132. The summed E-state index contributed by atoms with van der Waals surface area (Å²) >= 11 is 0. The first-order chi connectivity index (χ1) is 14.6. The van der Waals surface area contributed by atoms with E-state index in [1.807, 2.05) is 72.6 Å². The molecule has 3 aromatic carbocycles. The van der Waals surface area contributed by atoms with Gasteiger partial charge in [0.1, 0.15) is 5.82 Å². The Balaban J connectivity index is 1.52. The van der Waals surface area contributed by atoms with Crippen LogP contribution in [0, 0.1) is 5.82 Å². The highest BCUT2D eigenvalue weighted by molar-refractivity contribution is 6.02. The van der Waals surface area contributed by atoms with Crippen LogP contribution in [0.3, 0.4) is 0 Å². The van der Waals surface area contributed by atoms with Crippen LogP contribution in [0.2, 0.25) is 0 Å². The first-order valence-corrected chi connectivity index (χ1v) is 10.1. The first kappa shape index (κ1) is 20.0. The molecule has 0 fully saturated rings. The third-order valence-electron chi connectivity index (χ3n) is 5.32. The normalized spacial score (nSPS) is 14.6. The van der Waals surface area contributed by atoms with Gasteiger partial charge in [0.15, 0.2) is 0 Å². The van der Waals surface area contributed by atoms with Crippen molar-refractivity contribution in [2.45, 2.75) is 12.5 Å². The number of hydrazone groups is 1. The second-order valence-corrected chi connectivity index (χ2v) is 7.46. The Morgan fingerprint density at radius 2 is 1.57 bits per heavy atom. The number of carbonyl (C=O) groups is 1. The molecule has 4 rings (SSSR count). The maximum Gasteiger partial charge on any atom is 0.256 e. The van der Waals surface area contributed by atoms with Gasteiger partial charge in [-0.05, 0) is 35.9 Å². The fraction of sp³-hybridized carbons (Fsp3) is 0.200. The van der Waals surface area contributed by atoms with Crippen LogP contribution in [-0.4, -0.2) is 41.7 Å². The Kier molecular flexibility index (Phi) is 6.00. The number of benzene rings is 3. The molecule has 152 valence electrons. The molecule has 0 N–H and O–H groups in total. The third-order valence-corrected chi connectivity index (χ3v) is 5.32. The van der Waals surface area contributed by atoms with E-state index in [9.17, 15) is 9.18 Å². The quantitative estimate of drug-likeness (QED) is 0.610. The zero-order valence-corrected chi connectivity index (χ0v) is 16.9. The van der Waals surface area contributed by atoms with Crippen molar-refractivity contribution in [3.05, 3.63) is 107 Å². The second-order valence-electron chi connectivity index (χ2n) is 7.46. The van der Waals surface area contributed by atoms with Crippen LogP contribution in [0.1, 0.15) is 29.2 Å². The Morgan fingerprint density at radius 3 is 2.23 bits per heavy atom. The van der Waals surface area contributed by atoms with Gasteiger partial charge >= 0.3 is 0 Å². The molecular weight excluding hydrogens is 377 g/mol. The summed E-state index contributed by atoms with van der Waals surface area (Å²) in [7, 11) is 1.91. The van der Waals surface area contributed by atoms with Gasteiger partial charge in [-0.25, -0.2) is 9.40 Å². The number of amides is 1. The monoisotopic (exact) mass is 401 g/mol. The average molecular weight is 401 g/mol. The van der Waals surface area contributed by atoms with Gasteiger partial charge in [-0.15, -0.1) is 0 Å². The lowest BCUT2D eigenvalue weighted by atomic mass is 9.97. The molecule has 1 unspecified atom stereocenters. The summed E-state index contributed by atoms with van der Waals surface area (Å²) in [6, 6.07) is 26.2. The maximum atomic E-state index is 13.5. The van der Waals surface area contributed by atoms with Gasteiger partial charge in [0.05, 0.1) is 24.8 Å². The van der Waals surface area contributed by atoms with Gasteiger partial charge in [-0.2, -0.15) is 5.10 Å². The average Bonchev–Trinajstić information content (AvgIpc) is 3.27. The zero-order valence-electron chi connectivity index (χ0n) is 16.9. The standard InChI is InChI=1S/C25H24FN3O/c1-28(18-24(30)29-17-16-23(27-29)19-8-4-2-5-9-19)25(20-10-6-3-7-11-20)21-12-14-22(26)15-13-21/h2-15,25H,16-18H2,1H3. The van der Waals surface area contributed by atoms with Crippen LogP contribution < -0.4 is 0 Å². The summed E-state index contributed by atoms with van der Waals surface area (Å²) in [6.07, 6.45) is 0.750. The smallest absolute Gasteiger partial charge is 0.256 e. The molecule has 0 aromatic heterocycles. The van der Waals surface area contributed by atoms with Crippen LogP contribution in [0.4, 0.5) is 4.39 Å². The van der Waals surface area contributed by atoms with Crippen LogP contribution in [0.5, 0.6) is 0 Å². The molecule has 1 amide bonds. The fourth-order valence-corrected chi connectivity index (χ4v) is 3.84. The summed E-state index contributed by atoms with van der Waals surface area (Å²) in [5, 5.41) is 6.11. The van der Waals surface area contributed by atoms with Gasteiger partial charge in [0, 0.05) is 6.42 Å². The minimum absolute atomic E-state index is 0.0496. The number of nitrogens with zero attached hydrogens (tertiary/aromatic N) is 3. The molecule has 1 aliphatic rings. The first-order valence-electron chi connectivity index (χ1n) is 10.1. The molecule has 1 heterocycles. The van der Waals surface area contributed by atoms with Crippen LogP contribution in [0.25, 0.3) is 0 Å². The molecule has 0 saturated carbocycles. The molecule has 4 nitrogen and oxygen atoms in total. The van der Waals surface area contributed by atoms with Crippen molar-refractivity contribution in [3.8, 4) is 0 Å². The molecule has 30 heavy (non-hydrogen) atoms. The number of hydrogen-bond donors (Lipinski definition) is 0. The molecule has 1 aliphatic heterocycles. The van der Waals surface area contributed by atoms with Gasteiger partial charge in [0.25, 0.3) is 5.91 Å². The minimum Gasteiger partial charge on any atom is -0.286 e. The van der Waals surface area contributed by atoms with Crippen molar-refractivity contribution < 1.29 is 9.18 Å². The van der Waals surface area contributed by atoms with Gasteiger partial charge in [-0.3, -0.25) is 9.69 Å². The van der Waals surface area contributed by atoms with Crippen molar-refractivity contribution in [3.63, 3.8) is 0 Å². The SMILES string of the molecule is CN(CC(=O)N1CCC(c2ccccc2)=N1)C(c1ccccc1)c1ccc(F)cc1. The molecule has 0 radical (unpaired) electrons. The van der Waals surface area contributed by atoms with E-state index in [0.29, 0.717) is 6.54 Å². The Bertz CT molecular complexity index is 1020. The zero-order chi connectivity index (χ0) is 20.9. The van der Waals surface area contributed by atoms with Gasteiger partial charge in [-0.1, -0.05) is 72.8 Å². The van der Waals surface area contributed by atoms with Crippen molar-refractivity contribution in [1.82, 2.24) is 9.91 Å². The summed E-state index contributed by atoms with van der Waals surface area (Å²) in [4.78, 5) is 15.0. The molecule has 3 aromatic rings. The highest BCUT2D eigenvalue weighted by atomic mass is 19.1. The third kappa shape index (κ3) is 4.47. The Morgan fingerprint density at radius 1 is 0.967 bits per heavy atom.